The second-order valence-electron chi connectivity index (χ2n) is 5.76. The normalized spacial score (nSPS) is 30.2. The zero-order valence-electron chi connectivity index (χ0n) is 10.7. The molecule has 0 saturated heterocycles. The largest absolute Gasteiger partial charge is 0.322 e. The van der Waals surface area contributed by atoms with Gasteiger partial charge in [-0.2, -0.15) is 0 Å². The quantitative estimate of drug-likeness (QED) is 0.744. The summed E-state index contributed by atoms with van der Waals surface area (Å²) in [7, 11) is 0. The van der Waals surface area contributed by atoms with Crippen molar-refractivity contribution in [2.45, 2.75) is 38.6 Å². The van der Waals surface area contributed by atoms with Crippen LogP contribution in [0.25, 0.3) is 11.3 Å². The van der Waals surface area contributed by atoms with Gasteiger partial charge in [-0.05, 0) is 29.7 Å². The molecule has 0 amide bonds. The first-order chi connectivity index (χ1) is 8.86. The number of hydrogen-bond acceptors (Lipinski definition) is 2. The summed E-state index contributed by atoms with van der Waals surface area (Å²) in [5, 5.41) is 2.24. The molecule has 3 heteroatoms. The fourth-order valence-electron chi connectivity index (χ4n) is 3.84. The van der Waals surface area contributed by atoms with Gasteiger partial charge in [0.05, 0.1) is 24.3 Å². The Morgan fingerprint density at radius 2 is 2.22 bits per heavy atom. The Morgan fingerprint density at radius 1 is 1.33 bits per heavy atom. The molecule has 3 unspecified atom stereocenters. The minimum atomic E-state index is 0.563. The number of aromatic nitrogens is 2. The first-order valence-electron chi connectivity index (χ1n) is 6.96. The predicted molar refractivity (Wildman–Crippen MR) is 74.8 cm³/mol. The van der Waals surface area contributed by atoms with Crippen LogP contribution >= 0.6 is 11.3 Å². The molecule has 4 rings (SSSR count). The maximum atomic E-state index is 4.36. The number of rotatable bonds is 1. The molecular formula is C15H18N2S. The summed E-state index contributed by atoms with van der Waals surface area (Å²) in [4.78, 5) is 5.94. The molecule has 1 aliphatic heterocycles. The number of fused-ring (bicyclic) bond motifs is 3. The molecule has 0 N–H and O–H groups in total. The molecule has 3 heterocycles. The van der Waals surface area contributed by atoms with E-state index in [-0.39, 0.29) is 0 Å². The zero-order chi connectivity index (χ0) is 12.1. The van der Waals surface area contributed by atoms with Gasteiger partial charge in [0.1, 0.15) is 0 Å². The van der Waals surface area contributed by atoms with Crippen LogP contribution in [0.5, 0.6) is 0 Å². The van der Waals surface area contributed by atoms with Crippen LogP contribution in [0.2, 0.25) is 0 Å². The fraction of sp³-hybridized carbons (Fsp3) is 0.533. The van der Waals surface area contributed by atoms with Gasteiger partial charge in [0.2, 0.25) is 0 Å². The van der Waals surface area contributed by atoms with Crippen molar-refractivity contribution < 1.29 is 0 Å². The lowest BCUT2D eigenvalue weighted by Crippen LogP contribution is -2.26. The summed E-state index contributed by atoms with van der Waals surface area (Å²) in [6.45, 7) is 2.44. The van der Waals surface area contributed by atoms with Crippen LogP contribution < -0.4 is 0 Å². The third-order valence-corrected chi connectivity index (χ3v) is 5.78. The lowest BCUT2D eigenvalue weighted by Gasteiger charge is -2.34. The summed E-state index contributed by atoms with van der Waals surface area (Å²) in [6.07, 6.45) is 9.65. The smallest absolute Gasteiger partial charge is 0.0957 e. The lowest BCUT2D eigenvalue weighted by atomic mass is 9.76. The summed E-state index contributed by atoms with van der Waals surface area (Å²) >= 11 is 1.93. The summed E-state index contributed by atoms with van der Waals surface area (Å²) in [5.41, 5.74) is 2.76. The van der Waals surface area contributed by atoms with Crippen LogP contribution in [-0.2, 0) is 0 Å². The van der Waals surface area contributed by atoms with Gasteiger partial charge >= 0.3 is 0 Å². The van der Waals surface area contributed by atoms with Gasteiger partial charge in [0, 0.05) is 10.4 Å². The summed E-state index contributed by atoms with van der Waals surface area (Å²) < 4.78 is 2.42. The van der Waals surface area contributed by atoms with Gasteiger partial charge in [-0.3, -0.25) is 0 Å². The molecule has 1 fully saturated rings. The zero-order valence-corrected chi connectivity index (χ0v) is 11.5. The van der Waals surface area contributed by atoms with E-state index >= 15 is 0 Å². The molecule has 0 aromatic carbocycles. The van der Waals surface area contributed by atoms with E-state index in [4.69, 9.17) is 0 Å². The van der Waals surface area contributed by atoms with Gasteiger partial charge in [0.25, 0.3) is 0 Å². The molecule has 94 valence electrons. The molecule has 2 nitrogen and oxygen atoms in total. The maximum Gasteiger partial charge on any atom is 0.0957 e. The van der Waals surface area contributed by atoms with Crippen molar-refractivity contribution in [1.82, 2.24) is 9.55 Å². The van der Waals surface area contributed by atoms with Crippen LogP contribution in [0.15, 0.2) is 24.0 Å². The highest BCUT2D eigenvalue weighted by Gasteiger charge is 2.38. The second kappa shape index (κ2) is 3.95. The topological polar surface area (TPSA) is 17.8 Å². The Morgan fingerprint density at radius 3 is 3.11 bits per heavy atom. The Hall–Kier alpha value is -1.09. The molecule has 3 atom stereocenters. The molecule has 2 aromatic rings. The Kier molecular flexibility index (Phi) is 2.37. The van der Waals surface area contributed by atoms with Crippen LogP contribution in [0.1, 0.15) is 43.5 Å². The van der Waals surface area contributed by atoms with E-state index in [2.05, 4.69) is 27.9 Å². The highest BCUT2D eigenvalue weighted by molar-refractivity contribution is 7.10. The van der Waals surface area contributed by atoms with Crippen molar-refractivity contribution >= 4 is 11.3 Å². The van der Waals surface area contributed by atoms with Gasteiger partial charge in [-0.15, -0.1) is 11.3 Å². The molecule has 2 aromatic heterocycles. The van der Waals surface area contributed by atoms with Crippen LogP contribution in [0.3, 0.4) is 0 Å². The van der Waals surface area contributed by atoms with E-state index < -0.39 is 0 Å². The highest BCUT2D eigenvalue weighted by atomic mass is 32.1. The minimum absolute atomic E-state index is 0.563. The third-order valence-electron chi connectivity index (χ3n) is 4.79. The van der Waals surface area contributed by atoms with E-state index in [1.807, 2.05) is 23.9 Å². The second-order valence-corrected chi connectivity index (χ2v) is 6.70. The summed E-state index contributed by atoms with van der Waals surface area (Å²) in [6, 6.07) is 2.83. The molecule has 0 bridgehead atoms. The van der Waals surface area contributed by atoms with Gasteiger partial charge in [0.15, 0.2) is 0 Å². The molecule has 2 aliphatic rings. The Balaban J connectivity index is 1.82. The Labute approximate surface area is 112 Å². The average molecular weight is 258 g/mol. The number of nitrogens with zero attached hydrogens (tertiary/aromatic N) is 2. The van der Waals surface area contributed by atoms with Crippen molar-refractivity contribution in [1.29, 1.82) is 0 Å². The van der Waals surface area contributed by atoms with Crippen molar-refractivity contribution in [2.75, 3.05) is 0 Å². The standard InChI is InChI=1S/C15H18N2S/c1-10-4-2-3-5-11(10)14-15-12(6-7-18-15)13-8-16-9-17(13)14/h6-11,14H,2-5H2,1H3. The molecule has 0 radical (unpaired) electrons. The van der Waals surface area contributed by atoms with E-state index in [0.29, 0.717) is 6.04 Å². The average Bonchev–Trinajstić information content (AvgIpc) is 3.02. The van der Waals surface area contributed by atoms with Crippen LogP contribution in [-0.4, -0.2) is 9.55 Å². The van der Waals surface area contributed by atoms with Crippen molar-refractivity contribution in [3.8, 4) is 11.3 Å². The molecule has 0 spiro atoms. The van der Waals surface area contributed by atoms with Gasteiger partial charge in [-0.25, -0.2) is 4.98 Å². The molecular weight excluding hydrogens is 240 g/mol. The van der Waals surface area contributed by atoms with Gasteiger partial charge in [-0.1, -0.05) is 26.2 Å². The lowest BCUT2D eigenvalue weighted by molar-refractivity contribution is 0.205. The maximum absolute atomic E-state index is 4.36. The molecule has 18 heavy (non-hydrogen) atoms. The highest BCUT2D eigenvalue weighted by Crippen LogP contribution is 2.50. The van der Waals surface area contributed by atoms with E-state index in [1.54, 1.807) is 4.88 Å². The van der Waals surface area contributed by atoms with Crippen molar-refractivity contribution in [3.05, 3.63) is 28.8 Å². The Bertz CT molecular complexity index is 528. The first-order valence-corrected chi connectivity index (χ1v) is 7.84. The molecule has 1 saturated carbocycles. The molecule has 1 aliphatic carbocycles. The monoisotopic (exact) mass is 258 g/mol. The van der Waals surface area contributed by atoms with Crippen molar-refractivity contribution in [2.24, 2.45) is 11.8 Å². The van der Waals surface area contributed by atoms with E-state index in [0.717, 1.165) is 11.8 Å². The number of imidazole rings is 1. The minimum Gasteiger partial charge on any atom is -0.322 e. The van der Waals surface area contributed by atoms with Crippen LogP contribution in [0.4, 0.5) is 0 Å². The first kappa shape index (κ1) is 10.8. The van der Waals surface area contributed by atoms with Crippen molar-refractivity contribution in [3.63, 3.8) is 0 Å². The van der Waals surface area contributed by atoms with Crippen LogP contribution in [0, 0.1) is 11.8 Å². The predicted octanol–water partition coefficient (Wildman–Crippen LogP) is 4.34. The third kappa shape index (κ3) is 1.37. The number of hydrogen-bond donors (Lipinski definition) is 0. The van der Waals surface area contributed by atoms with Gasteiger partial charge < -0.3 is 4.57 Å². The fourth-order valence-corrected chi connectivity index (χ4v) is 4.92. The summed E-state index contributed by atoms with van der Waals surface area (Å²) in [5.74, 6) is 1.64. The number of thiophene rings is 1. The SMILES string of the molecule is CC1CCCCC1C1c2sccc2-c2cncn21. The van der Waals surface area contributed by atoms with E-state index in [1.165, 1.54) is 36.9 Å². The van der Waals surface area contributed by atoms with E-state index in [9.17, 15) is 0 Å².